The van der Waals surface area contributed by atoms with E-state index in [1.54, 1.807) is 0 Å². The predicted octanol–water partition coefficient (Wildman–Crippen LogP) is 2.36. The first-order valence-electron chi connectivity index (χ1n) is 5.50. The molecule has 7 heteroatoms. The van der Waals surface area contributed by atoms with Crippen LogP contribution in [0, 0.1) is 11.6 Å². The molecule has 0 spiro atoms. The second kappa shape index (κ2) is 5.11. The van der Waals surface area contributed by atoms with Crippen LogP contribution >= 0.6 is 11.6 Å². The number of hydrogen-bond donors (Lipinski definition) is 0. The van der Waals surface area contributed by atoms with Gasteiger partial charge in [-0.25, -0.2) is 17.2 Å². The van der Waals surface area contributed by atoms with Gasteiger partial charge in [-0.15, -0.1) is 11.6 Å². The molecule has 2 rings (SSSR count). The van der Waals surface area contributed by atoms with Crippen LogP contribution < -0.4 is 0 Å². The molecule has 1 aliphatic heterocycles. The first-order chi connectivity index (χ1) is 8.41. The molecule has 1 aromatic rings. The van der Waals surface area contributed by atoms with Gasteiger partial charge in [0.1, 0.15) is 16.5 Å². The van der Waals surface area contributed by atoms with E-state index in [9.17, 15) is 17.2 Å². The van der Waals surface area contributed by atoms with Crippen molar-refractivity contribution in [2.75, 3.05) is 13.1 Å². The van der Waals surface area contributed by atoms with Gasteiger partial charge in [-0.1, -0.05) is 0 Å². The van der Waals surface area contributed by atoms with E-state index in [-0.39, 0.29) is 18.5 Å². The third kappa shape index (κ3) is 2.65. The fourth-order valence-corrected chi connectivity index (χ4v) is 3.60. The number of nitrogens with zero attached hydrogens (tertiary/aromatic N) is 1. The molecule has 0 atom stereocenters. The Kier molecular flexibility index (Phi) is 3.89. The van der Waals surface area contributed by atoms with Gasteiger partial charge in [0.05, 0.1) is 0 Å². The van der Waals surface area contributed by atoms with E-state index in [0.717, 1.165) is 12.1 Å². The van der Waals surface area contributed by atoms with Crippen LogP contribution in [0.4, 0.5) is 8.78 Å². The zero-order valence-electron chi connectivity index (χ0n) is 9.44. The topological polar surface area (TPSA) is 37.4 Å². The van der Waals surface area contributed by atoms with Gasteiger partial charge in [0.25, 0.3) is 0 Å². The Balaban J connectivity index is 2.30. The Morgan fingerprint density at radius 2 is 1.83 bits per heavy atom. The van der Waals surface area contributed by atoms with Crippen LogP contribution in [0.15, 0.2) is 23.1 Å². The Morgan fingerprint density at radius 3 is 2.39 bits per heavy atom. The molecular weight excluding hydrogens is 284 g/mol. The lowest BCUT2D eigenvalue weighted by atomic mass is 10.2. The van der Waals surface area contributed by atoms with E-state index < -0.39 is 26.6 Å². The number of rotatable bonds is 2. The molecule has 1 saturated heterocycles. The van der Waals surface area contributed by atoms with E-state index in [2.05, 4.69) is 0 Å². The van der Waals surface area contributed by atoms with Gasteiger partial charge in [0.15, 0.2) is 0 Å². The molecule has 0 amide bonds. The smallest absolute Gasteiger partial charge is 0.207 e. The number of halogens is 3. The summed E-state index contributed by atoms with van der Waals surface area (Å²) in [4.78, 5) is -0.489. The average Bonchev–Trinajstić information content (AvgIpc) is 2.29. The Morgan fingerprint density at radius 1 is 1.22 bits per heavy atom. The van der Waals surface area contributed by atoms with E-state index in [1.165, 1.54) is 4.31 Å². The maximum absolute atomic E-state index is 13.5. The van der Waals surface area contributed by atoms with Crippen molar-refractivity contribution < 1.29 is 17.2 Å². The molecular formula is C11H12ClF2NO2S. The van der Waals surface area contributed by atoms with Crippen LogP contribution in [0.25, 0.3) is 0 Å². The summed E-state index contributed by atoms with van der Waals surface area (Å²) >= 11 is 5.88. The van der Waals surface area contributed by atoms with Crippen molar-refractivity contribution in [1.29, 1.82) is 0 Å². The molecule has 0 N–H and O–H groups in total. The minimum atomic E-state index is -3.90. The molecule has 0 bridgehead atoms. The molecule has 1 heterocycles. The van der Waals surface area contributed by atoms with Crippen molar-refractivity contribution >= 4 is 21.6 Å². The van der Waals surface area contributed by atoms with Crippen molar-refractivity contribution in [2.45, 2.75) is 23.1 Å². The zero-order chi connectivity index (χ0) is 13.3. The molecule has 1 aromatic carbocycles. The number of sulfonamides is 1. The van der Waals surface area contributed by atoms with Gasteiger partial charge in [-0.3, -0.25) is 0 Å². The molecule has 0 aromatic heterocycles. The largest absolute Gasteiger partial charge is 0.245 e. The number of hydrogen-bond acceptors (Lipinski definition) is 2. The van der Waals surface area contributed by atoms with Gasteiger partial charge in [-0.05, 0) is 25.0 Å². The third-order valence-electron chi connectivity index (χ3n) is 2.90. The minimum Gasteiger partial charge on any atom is -0.207 e. The normalized spacial score (nSPS) is 19.1. The van der Waals surface area contributed by atoms with Gasteiger partial charge in [-0.2, -0.15) is 4.31 Å². The first kappa shape index (κ1) is 13.7. The Hall–Kier alpha value is -0.720. The standard InChI is InChI=1S/C11H12ClF2NO2S/c12-8-3-5-15(6-4-8)18(16,17)11-2-1-9(13)7-10(11)14/h1-2,7-8H,3-6H2. The predicted molar refractivity (Wildman–Crippen MR) is 64.0 cm³/mol. The summed E-state index contributed by atoms with van der Waals surface area (Å²) in [5.41, 5.74) is 0. The Labute approximate surface area is 109 Å². The van der Waals surface area contributed by atoms with Crippen molar-refractivity contribution in [2.24, 2.45) is 0 Å². The first-order valence-corrected chi connectivity index (χ1v) is 7.38. The van der Waals surface area contributed by atoms with Crippen LogP contribution in [-0.2, 0) is 10.0 Å². The maximum Gasteiger partial charge on any atom is 0.245 e. The van der Waals surface area contributed by atoms with Crippen molar-refractivity contribution in [3.63, 3.8) is 0 Å². The highest BCUT2D eigenvalue weighted by molar-refractivity contribution is 7.89. The molecule has 100 valence electrons. The lowest BCUT2D eigenvalue weighted by Gasteiger charge is -2.28. The lowest BCUT2D eigenvalue weighted by Crippen LogP contribution is -2.39. The summed E-state index contributed by atoms with van der Waals surface area (Å²) in [6, 6.07) is 2.46. The van der Waals surface area contributed by atoms with Crippen LogP contribution in [-0.4, -0.2) is 31.2 Å². The van der Waals surface area contributed by atoms with Gasteiger partial charge < -0.3 is 0 Å². The molecule has 0 aliphatic carbocycles. The third-order valence-corrected chi connectivity index (χ3v) is 5.26. The highest BCUT2D eigenvalue weighted by Gasteiger charge is 2.30. The van der Waals surface area contributed by atoms with Crippen molar-refractivity contribution in [3.8, 4) is 0 Å². The summed E-state index contributed by atoms with van der Waals surface area (Å²) in [5, 5.41) is -0.0467. The molecule has 18 heavy (non-hydrogen) atoms. The van der Waals surface area contributed by atoms with E-state index in [4.69, 9.17) is 11.6 Å². The number of piperidine rings is 1. The van der Waals surface area contributed by atoms with Crippen LogP contribution in [0.1, 0.15) is 12.8 Å². The van der Waals surface area contributed by atoms with Gasteiger partial charge in [0, 0.05) is 24.5 Å². The summed E-state index contributed by atoms with van der Waals surface area (Å²) in [5.74, 6) is -1.87. The van der Waals surface area contributed by atoms with Gasteiger partial charge >= 0.3 is 0 Å². The second-order valence-electron chi connectivity index (χ2n) is 4.15. The summed E-state index contributed by atoms with van der Waals surface area (Å²) < 4.78 is 51.7. The quantitative estimate of drug-likeness (QED) is 0.786. The van der Waals surface area contributed by atoms with Crippen molar-refractivity contribution in [1.82, 2.24) is 4.31 Å². The van der Waals surface area contributed by atoms with E-state index >= 15 is 0 Å². The van der Waals surface area contributed by atoms with Crippen LogP contribution in [0.3, 0.4) is 0 Å². The highest BCUT2D eigenvalue weighted by atomic mass is 35.5. The number of alkyl halides is 1. The summed E-state index contributed by atoms with van der Waals surface area (Å²) in [7, 11) is -3.90. The monoisotopic (exact) mass is 295 g/mol. The van der Waals surface area contributed by atoms with Crippen molar-refractivity contribution in [3.05, 3.63) is 29.8 Å². The molecule has 0 radical (unpaired) electrons. The molecule has 1 fully saturated rings. The highest BCUT2D eigenvalue weighted by Crippen LogP contribution is 2.24. The fourth-order valence-electron chi connectivity index (χ4n) is 1.89. The molecule has 0 unspecified atom stereocenters. The van der Waals surface area contributed by atoms with Gasteiger partial charge in [0.2, 0.25) is 10.0 Å². The van der Waals surface area contributed by atoms with E-state index in [0.29, 0.717) is 18.9 Å². The molecule has 3 nitrogen and oxygen atoms in total. The maximum atomic E-state index is 13.5. The van der Waals surface area contributed by atoms with E-state index in [1.807, 2.05) is 0 Å². The zero-order valence-corrected chi connectivity index (χ0v) is 11.0. The SMILES string of the molecule is O=S(=O)(c1ccc(F)cc1F)N1CCC(Cl)CC1. The van der Waals surface area contributed by atoms with Crippen LogP contribution in [0.5, 0.6) is 0 Å². The second-order valence-corrected chi connectivity index (χ2v) is 6.68. The molecule has 1 aliphatic rings. The summed E-state index contributed by atoms with van der Waals surface area (Å²) in [6.45, 7) is 0.515. The van der Waals surface area contributed by atoms with Crippen LogP contribution in [0.2, 0.25) is 0 Å². The Bertz CT molecular complexity index is 542. The lowest BCUT2D eigenvalue weighted by molar-refractivity contribution is 0.348. The number of benzene rings is 1. The summed E-state index contributed by atoms with van der Waals surface area (Å²) in [6.07, 6.45) is 1.06. The molecule has 0 saturated carbocycles. The minimum absolute atomic E-state index is 0.0467. The fraction of sp³-hybridized carbons (Fsp3) is 0.455. The average molecular weight is 296 g/mol.